The van der Waals surface area contributed by atoms with Gasteiger partial charge in [0.15, 0.2) is 23.3 Å². The van der Waals surface area contributed by atoms with E-state index in [0.29, 0.717) is 80.4 Å². The predicted octanol–water partition coefficient (Wildman–Crippen LogP) is 23.1. The molecule has 8 aromatic heterocycles. The van der Waals surface area contributed by atoms with E-state index >= 15 is 17.6 Å². The maximum atomic E-state index is 15.5. The van der Waals surface area contributed by atoms with Gasteiger partial charge >= 0.3 is 49.9 Å². The van der Waals surface area contributed by atoms with Crippen LogP contribution in [-0.4, -0.2) is 134 Å². The molecular formula is C99H97BBrCl4F4LiN12O12S4. The molecule has 0 amide bonds. The van der Waals surface area contributed by atoms with Crippen molar-refractivity contribution in [3.05, 3.63) is 283 Å². The van der Waals surface area contributed by atoms with Crippen molar-refractivity contribution < 1.29 is 95.9 Å². The number of fused-ring (bicyclic) bond motifs is 4. The number of carbonyl (C=O) groups is 4. The van der Waals surface area contributed by atoms with E-state index < -0.39 is 36.4 Å². The fourth-order valence-corrected chi connectivity index (χ4v) is 21.4. The summed E-state index contributed by atoms with van der Waals surface area (Å²) < 4.78 is 92.1. The van der Waals surface area contributed by atoms with Gasteiger partial charge in [0.25, 0.3) is 0 Å². The zero-order chi connectivity index (χ0) is 95.6. The van der Waals surface area contributed by atoms with Crippen LogP contribution >= 0.6 is 109 Å². The minimum absolute atomic E-state index is 0. The number of ether oxygens (including phenoxy) is 3. The Hall–Kier alpha value is -10.1. The minimum Gasteiger partial charge on any atom is -0.870 e. The fourth-order valence-electron chi connectivity index (χ4n) is 15.5. The Bertz CT molecular complexity index is 7080. The molecule has 138 heavy (non-hydrogen) atoms. The smallest absolute Gasteiger partial charge is 0.870 e. The zero-order valence-corrected chi connectivity index (χ0v) is 84.3. The van der Waals surface area contributed by atoms with Crippen molar-refractivity contribution in [1.29, 1.82) is 0 Å². The summed E-state index contributed by atoms with van der Waals surface area (Å²) in [5, 5.41) is 46.8. The van der Waals surface area contributed by atoms with Gasteiger partial charge < -0.3 is 54.0 Å². The molecule has 3 saturated carbocycles. The van der Waals surface area contributed by atoms with E-state index in [1.54, 1.807) is 157 Å². The quantitative estimate of drug-likeness (QED) is 0.0163. The predicted molar refractivity (Wildman–Crippen MR) is 535 cm³/mol. The molecule has 19 rings (SSSR count). The van der Waals surface area contributed by atoms with E-state index in [-0.39, 0.29) is 79.2 Å². The Labute approximate surface area is 851 Å². The number of rotatable bonds is 30. The van der Waals surface area contributed by atoms with Gasteiger partial charge in [-0.25, -0.2) is 36.7 Å². The molecule has 8 heterocycles. The van der Waals surface area contributed by atoms with Crippen LogP contribution in [-0.2, 0) is 40.4 Å². The third-order valence-electron chi connectivity index (χ3n) is 22.1. The molecule has 3 fully saturated rings. The number of aromatic carboxylic acids is 1. The number of carbonyl (C=O) groups excluding carboxylic acids is 3. The molecule has 16 aromatic rings. The first kappa shape index (κ1) is 107. The Morgan fingerprint density at radius 3 is 1.07 bits per heavy atom. The molecule has 8 aromatic carbocycles. The first-order valence-electron chi connectivity index (χ1n) is 44.3. The molecule has 0 atom stereocenters. The summed E-state index contributed by atoms with van der Waals surface area (Å²) in [6.45, 7) is 17.7. The van der Waals surface area contributed by atoms with E-state index in [2.05, 4.69) is 64.0 Å². The monoisotopic (exact) mass is 2090 g/mol. The van der Waals surface area contributed by atoms with Crippen molar-refractivity contribution in [3.63, 3.8) is 0 Å². The van der Waals surface area contributed by atoms with Crippen molar-refractivity contribution in [2.24, 2.45) is 0 Å². The third-order valence-corrected chi connectivity index (χ3v) is 28.7. The SMILES string of the molecule is CCCn1cc(-n2c(Br)c(Sc3cccc(C(=O)OCC)c3)c3ccc(Cl)c(F)c32)cn1.CCCn1cc(-n2c(C3CC3)c(Sc3cccc(C(=O)O)c3)c3ccc(Cl)c(F)c32)cn1.CCCn1cc(-n2c(C3CC3)c(Sc3cccc(C(=O)OCC)c3)c3ccc(Cl)c(F)c32)cn1.CCCn1cc(-n2cc(Sc3cccc(C(=O)OCC)c3)c3ccc(Cl)c(F)c32)cn1.O.OB(O)C1CC1.[Li+].[OH-]. The van der Waals surface area contributed by atoms with Crippen LogP contribution in [0, 0.1) is 23.3 Å². The van der Waals surface area contributed by atoms with Crippen molar-refractivity contribution in [1.82, 2.24) is 57.4 Å². The molecule has 3 aliphatic rings. The first-order valence-corrected chi connectivity index (χ1v) is 49.9. The maximum absolute atomic E-state index is 15.5. The fraction of sp³-hybridized carbons (Fsp3) is 0.273. The number of carboxylic acid groups (broad SMARTS) is 1. The van der Waals surface area contributed by atoms with Gasteiger partial charge in [0.1, 0.15) is 4.60 Å². The molecule has 716 valence electrons. The average molecular weight is 2090 g/mol. The summed E-state index contributed by atoms with van der Waals surface area (Å²) in [5.74, 6) is -3.09. The maximum Gasteiger partial charge on any atom is 1.00 e. The summed E-state index contributed by atoms with van der Waals surface area (Å²) in [6.07, 6.45) is 26.4. The van der Waals surface area contributed by atoms with Crippen molar-refractivity contribution in [2.45, 2.75) is 196 Å². The van der Waals surface area contributed by atoms with Gasteiger partial charge in [-0.2, -0.15) is 20.4 Å². The molecule has 24 nitrogen and oxygen atoms in total. The van der Waals surface area contributed by atoms with Crippen LogP contribution < -0.4 is 18.9 Å². The Balaban J connectivity index is 0.000000160. The van der Waals surface area contributed by atoms with Crippen LogP contribution in [0.1, 0.15) is 177 Å². The number of carboxylic acids is 1. The van der Waals surface area contributed by atoms with Crippen LogP contribution in [0.5, 0.6) is 0 Å². The van der Waals surface area contributed by atoms with Crippen LogP contribution in [0.15, 0.2) is 245 Å². The zero-order valence-electron chi connectivity index (χ0n) is 76.4. The minimum atomic E-state index is -1.04. The summed E-state index contributed by atoms with van der Waals surface area (Å²) in [6, 6.07) is 42.2. The second kappa shape index (κ2) is 48.4. The molecule has 0 unspecified atom stereocenters. The Morgan fingerprint density at radius 2 is 0.732 bits per heavy atom. The molecule has 39 heteroatoms. The summed E-state index contributed by atoms with van der Waals surface area (Å²) in [5.41, 5.74) is 8.54. The van der Waals surface area contributed by atoms with Crippen LogP contribution in [0.4, 0.5) is 17.6 Å². The van der Waals surface area contributed by atoms with Gasteiger partial charge in [-0.3, -0.25) is 23.3 Å². The van der Waals surface area contributed by atoms with E-state index in [9.17, 15) is 24.3 Å². The van der Waals surface area contributed by atoms with Gasteiger partial charge in [0.05, 0.1) is 137 Å². The number of nitrogens with zero attached hydrogens (tertiary/aromatic N) is 12. The van der Waals surface area contributed by atoms with E-state index in [0.717, 1.165) is 180 Å². The normalized spacial score (nSPS) is 12.6. The first-order chi connectivity index (χ1) is 65.2. The number of aryl methyl sites for hydroxylation is 4. The molecule has 0 aliphatic heterocycles. The number of hydrogen-bond donors (Lipinski definition) is 3. The van der Waals surface area contributed by atoms with Gasteiger partial charge in [-0.1, -0.05) is 158 Å². The van der Waals surface area contributed by atoms with E-state index in [1.807, 2.05) is 113 Å². The summed E-state index contributed by atoms with van der Waals surface area (Å²) in [7, 11) is -1.04. The van der Waals surface area contributed by atoms with E-state index in [4.69, 9.17) is 70.7 Å². The van der Waals surface area contributed by atoms with Crippen molar-refractivity contribution >= 4 is 184 Å². The topological polar surface area (TPSA) is 309 Å². The second-order valence-corrected chi connectivity index (χ2v) is 38.8. The van der Waals surface area contributed by atoms with Crippen molar-refractivity contribution in [3.8, 4) is 22.7 Å². The van der Waals surface area contributed by atoms with Gasteiger partial charge in [-0.15, -0.1) is 0 Å². The molecule has 6 N–H and O–H groups in total. The largest absolute Gasteiger partial charge is 1.00 e. The number of hydrogen-bond acceptors (Lipinski definition) is 18. The molecular weight excluding hydrogens is 1990 g/mol. The van der Waals surface area contributed by atoms with Crippen LogP contribution in [0.25, 0.3) is 66.4 Å². The molecule has 0 radical (unpaired) electrons. The Kier molecular flexibility index (Phi) is 37.4. The van der Waals surface area contributed by atoms with Gasteiger partial charge in [0.2, 0.25) is 0 Å². The average Bonchev–Trinajstić information content (AvgIpc) is 1.57. The standard InChI is InChI=1S/C26H25ClFN3O2S.C24H21ClFN3O2S.C23H20BrClFN3O2S.C23H21ClFN3O2S.C3H7BO2.Li.2H2O/c1-3-12-30-15-18(14-29-30)31-23(16-8-9-16)25(20-10-11-21(27)22(28)24(20)31)34-19-7-5-6-17(13-19)26(32)33-4-2;1-2-10-28-13-16(12-27-28)29-21(14-6-7-14)23(18-8-9-19(25)20(26)22(18)29)32-17-5-3-4-15(11-17)24(30)31;1-3-10-28-13-15(12-27-28)29-20-17(8-9-18(25)19(20)26)21(22(29)24)32-16-7-5-6-14(11-16)23(30)31-4-2;1-3-10-27-13-16(12-26-27)28-14-20(18-8-9-19(24)21(25)22(18)28)31-17-7-5-6-15(11-17)23(29)30-4-2;5-4(6)3-1-2-3;;;/h5-7,10-11,13-16H,3-4,8-9,12H2,1-2H3;3-5,8-9,11-14H,2,6-7,10H2,1H3,(H,30,31);5-9,11-13H,3-4,10H2,1-2H3;5-9,11-14H,3-4,10H2,1-2H3;3,5-6H,1-2H2;;2*1H2/q;;;;;+1;;/p-1. The summed E-state index contributed by atoms with van der Waals surface area (Å²) >= 11 is 34.2. The number of aromatic nitrogens is 12. The molecule has 0 saturated heterocycles. The number of benzene rings is 8. The molecule has 3 aliphatic carbocycles. The Morgan fingerprint density at radius 1 is 0.420 bits per heavy atom. The third kappa shape index (κ3) is 24.4. The number of halogens is 9. The van der Waals surface area contributed by atoms with Crippen LogP contribution in [0.2, 0.25) is 25.9 Å². The number of esters is 3. The van der Waals surface area contributed by atoms with Gasteiger partial charge in [-0.05, 0) is 215 Å². The molecule has 0 spiro atoms. The summed E-state index contributed by atoms with van der Waals surface area (Å²) in [4.78, 5) is 54.9. The second-order valence-electron chi connectivity index (χ2n) is 32.1. The molecule has 0 bridgehead atoms. The van der Waals surface area contributed by atoms with E-state index in [1.165, 1.54) is 35.3 Å². The van der Waals surface area contributed by atoms with Gasteiger partial charge in [0, 0.05) is 136 Å². The van der Waals surface area contributed by atoms with Crippen LogP contribution in [0.3, 0.4) is 0 Å². The van der Waals surface area contributed by atoms with Crippen molar-refractivity contribution in [2.75, 3.05) is 19.8 Å².